The summed E-state index contributed by atoms with van der Waals surface area (Å²) in [5.74, 6) is 0. The summed E-state index contributed by atoms with van der Waals surface area (Å²) < 4.78 is 0. The van der Waals surface area contributed by atoms with Crippen molar-refractivity contribution in [1.82, 2.24) is 5.32 Å². The first kappa shape index (κ1) is 12.9. The van der Waals surface area contributed by atoms with E-state index in [0.29, 0.717) is 15.8 Å². The lowest BCUT2D eigenvalue weighted by molar-refractivity contribution is 1.09. The van der Waals surface area contributed by atoms with Crippen molar-refractivity contribution in [1.29, 1.82) is 5.41 Å². The fourth-order valence-electron chi connectivity index (χ4n) is 1.78. The lowest BCUT2D eigenvalue weighted by Crippen LogP contribution is -2.09. The average molecular weight is 279 g/mol. The van der Waals surface area contributed by atoms with E-state index < -0.39 is 0 Å². The molecule has 0 atom stereocenters. The fraction of sp³-hybridized carbons (Fsp3) is 0.0714. The zero-order chi connectivity index (χ0) is 13.1. The van der Waals surface area contributed by atoms with Crippen LogP contribution in [0.25, 0.3) is 5.57 Å². The summed E-state index contributed by atoms with van der Waals surface area (Å²) in [5, 5.41) is 12.2. The van der Waals surface area contributed by atoms with Gasteiger partial charge in [-0.05, 0) is 12.1 Å². The second-order valence-electron chi connectivity index (χ2n) is 3.83. The van der Waals surface area contributed by atoms with Gasteiger partial charge in [0.15, 0.2) is 0 Å². The fourth-order valence-corrected chi connectivity index (χ4v) is 2.29. The summed E-state index contributed by atoms with van der Waals surface area (Å²) in [5.41, 5.74) is 2.87. The van der Waals surface area contributed by atoms with Crippen LogP contribution in [0, 0.1) is 5.41 Å². The van der Waals surface area contributed by atoms with E-state index in [0.717, 1.165) is 16.7 Å². The molecular formula is C14H12Cl2N2. The predicted molar refractivity (Wildman–Crippen MR) is 78.4 cm³/mol. The zero-order valence-electron chi connectivity index (χ0n) is 9.80. The quantitative estimate of drug-likeness (QED) is 0.841. The van der Waals surface area contributed by atoms with E-state index in [9.17, 15) is 0 Å². The van der Waals surface area contributed by atoms with Crippen LogP contribution in [0.1, 0.15) is 5.56 Å². The summed E-state index contributed by atoms with van der Waals surface area (Å²) >= 11 is 12.0. The third-order valence-corrected chi connectivity index (χ3v) is 3.17. The molecule has 0 fully saturated rings. The summed E-state index contributed by atoms with van der Waals surface area (Å²) in [6, 6.07) is 5.30. The van der Waals surface area contributed by atoms with E-state index >= 15 is 0 Å². The molecule has 92 valence electrons. The molecule has 0 spiro atoms. The number of benzene rings is 1. The van der Waals surface area contributed by atoms with Crippen LogP contribution in [-0.4, -0.2) is 12.8 Å². The Balaban J connectivity index is 2.45. The van der Waals surface area contributed by atoms with Crippen LogP contribution in [0.2, 0.25) is 10.0 Å². The third kappa shape index (κ3) is 2.50. The van der Waals surface area contributed by atoms with E-state index in [4.69, 9.17) is 28.6 Å². The molecule has 0 amide bonds. The summed E-state index contributed by atoms with van der Waals surface area (Å²) in [7, 11) is 1.81. The van der Waals surface area contributed by atoms with Gasteiger partial charge in [-0.15, -0.1) is 0 Å². The highest BCUT2D eigenvalue weighted by atomic mass is 35.5. The van der Waals surface area contributed by atoms with Crippen LogP contribution in [0.4, 0.5) is 0 Å². The maximum atomic E-state index is 8.17. The Morgan fingerprint density at radius 2 is 2.06 bits per heavy atom. The van der Waals surface area contributed by atoms with Crippen molar-refractivity contribution >= 4 is 34.5 Å². The Morgan fingerprint density at radius 1 is 1.28 bits per heavy atom. The van der Waals surface area contributed by atoms with Crippen LogP contribution in [0.3, 0.4) is 0 Å². The Labute approximate surface area is 116 Å². The van der Waals surface area contributed by atoms with E-state index in [-0.39, 0.29) is 0 Å². The van der Waals surface area contributed by atoms with Crippen molar-refractivity contribution in [2.75, 3.05) is 7.05 Å². The van der Waals surface area contributed by atoms with Crippen molar-refractivity contribution < 1.29 is 0 Å². The molecule has 0 heterocycles. The van der Waals surface area contributed by atoms with Crippen molar-refractivity contribution in [3.63, 3.8) is 0 Å². The maximum Gasteiger partial charge on any atom is 0.0705 e. The first-order valence-corrected chi connectivity index (χ1v) is 6.19. The van der Waals surface area contributed by atoms with Crippen LogP contribution in [0.15, 0.2) is 48.2 Å². The molecule has 18 heavy (non-hydrogen) atoms. The molecule has 2 rings (SSSR count). The molecule has 0 unspecified atom stereocenters. The number of hydrogen-bond acceptors (Lipinski definition) is 2. The van der Waals surface area contributed by atoms with Gasteiger partial charge in [0.05, 0.1) is 5.71 Å². The first-order chi connectivity index (χ1) is 8.63. The van der Waals surface area contributed by atoms with Crippen molar-refractivity contribution in [3.8, 4) is 0 Å². The Bertz CT molecular complexity index is 583. The van der Waals surface area contributed by atoms with Gasteiger partial charge < -0.3 is 5.32 Å². The second-order valence-corrected chi connectivity index (χ2v) is 4.67. The molecule has 0 saturated heterocycles. The van der Waals surface area contributed by atoms with Gasteiger partial charge in [0.1, 0.15) is 0 Å². The monoisotopic (exact) mass is 278 g/mol. The third-order valence-electron chi connectivity index (χ3n) is 2.62. The molecule has 1 aromatic carbocycles. The number of allylic oxidation sites excluding steroid dienone is 5. The molecule has 0 radical (unpaired) electrons. The van der Waals surface area contributed by atoms with Crippen LogP contribution < -0.4 is 5.32 Å². The highest BCUT2D eigenvalue weighted by Crippen LogP contribution is 2.31. The molecule has 1 aromatic rings. The minimum absolute atomic E-state index is 0.441. The van der Waals surface area contributed by atoms with E-state index in [1.165, 1.54) is 0 Å². The van der Waals surface area contributed by atoms with Crippen molar-refractivity contribution in [2.45, 2.75) is 0 Å². The molecule has 2 N–H and O–H groups in total. The molecule has 0 saturated carbocycles. The van der Waals surface area contributed by atoms with Gasteiger partial charge in [-0.2, -0.15) is 0 Å². The van der Waals surface area contributed by atoms with Crippen molar-refractivity contribution in [2.24, 2.45) is 0 Å². The SMILES string of the molecule is CN/C=C1/C=CC=C(c2ccc(Cl)cc2Cl)C1=N. The van der Waals surface area contributed by atoms with Gasteiger partial charge in [0.2, 0.25) is 0 Å². The largest absolute Gasteiger partial charge is 0.393 e. The van der Waals surface area contributed by atoms with Gasteiger partial charge in [-0.25, -0.2) is 0 Å². The summed E-state index contributed by atoms with van der Waals surface area (Å²) in [4.78, 5) is 0. The average Bonchev–Trinajstić information content (AvgIpc) is 2.33. The number of nitrogens with one attached hydrogen (secondary N) is 2. The molecule has 0 aliphatic heterocycles. The Kier molecular flexibility index (Phi) is 3.90. The normalized spacial score (nSPS) is 16.9. The first-order valence-electron chi connectivity index (χ1n) is 5.44. The summed E-state index contributed by atoms with van der Waals surface area (Å²) in [6.07, 6.45) is 7.45. The maximum absolute atomic E-state index is 8.17. The molecule has 1 aliphatic rings. The molecule has 1 aliphatic carbocycles. The second kappa shape index (κ2) is 5.42. The number of halogens is 2. The zero-order valence-corrected chi connectivity index (χ0v) is 11.3. The Hall–Kier alpha value is -1.51. The molecule has 0 aromatic heterocycles. The Morgan fingerprint density at radius 3 is 2.72 bits per heavy atom. The smallest absolute Gasteiger partial charge is 0.0705 e. The minimum atomic E-state index is 0.441. The van der Waals surface area contributed by atoms with Gasteiger partial charge >= 0.3 is 0 Å². The van der Waals surface area contributed by atoms with E-state index in [1.807, 2.05) is 24.3 Å². The van der Waals surface area contributed by atoms with Gasteiger partial charge in [-0.1, -0.05) is 47.5 Å². The van der Waals surface area contributed by atoms with E-state index in [2.05, 4.69) is 5.32 Å². The van der Waals surface area contributed by atoms with Crippen molar-refractivity contribution in [3.05, 3.63) is 63.8 Å². The standard InChI is InChI=1S/C14H12Cl2N2/c1-18-8-9-3-2-4-12(14(9)17)11-6-5-10(15)7-13(11)16/h2-8,17-18H,1H3/b9-8-,17-14?. The molecule has 2 nitrogen and oxygen atoms in total. The van der Waals surface area contributed by atoms with Crippen LogP contribution in [-0.2, 0) is 0 Å². The van der Waals surface area contributed by atoms with Crippen LogP contribution in [0.5, 0.6) is 0 Å². The highest BCUT2D eigenvalue weighted by molar-refractivity contribution is 6.39. The van der Waals surface area contributed by atoms with Gasteiger partial charge in [0.25, 0.3) is 0 Å². The predicted octanol–water partition coefficient (Wildman–Crippen LogP) is 4.07. The molecule has 0 bridgehead atoms. The lowest BCUT2D eigenvalue weighted by Gasteiger charge is -2.15. The molecule has 4 heteroatoms. The number of rotatable bonds is 2. The van der Waals surface area contributed by atoms with Gasteiger partial charge in [-0.3, -0.25) is 5.41 Å². The van der Waals surface area contributed by atoms with Crippen LogP contribution >= 0.6 is 23.2 Å². The van der Waals surface area contributed by atoms with Gasteiger partial charge in [0, 0.05) is 40.0 Å². The topological polar surface area (TPSA) is 35.9 Å². The molecular weight excluding hydrogens is 267 g/mol. The highest BCUT2D eigenvalue weighted by Gasteiger charge is 2.16. The van der Waals surface area contributed by atoms with E-state index in [1.54, 1.807) is 25.4 Å². The summed E-state index contributed by atoms with van der Waals surface area (Å²) in [6.45, 7) is 0. The minimum Gasteiger partial charge on any atom is -0.393 e. The number of hydrogen-bond donors (Lipinski definition) is 2. The lowest BCUT2D eigenvalue weighted by atomic mass is 9.92.